The van der Waals surface area contributed by atoms with Gasteiger partial charge in [0.05, 0.1) is 23.4 Å². The molecule has 11 heteroatoms. The molecule has 0 bridgehead atoms. The fraction of sp³-hybridized carbons (Fsp3) is 0.250. The average molecular weight is 496 g/mol. The maximum atomic E-state index is 13.9. The lowest BCUT2D eigenvalue weighted by molar-refractivity contribution is -0.138. The Bertz CT molecular complexity index is 1290. The molecule has 0 unspecified atom stereocenters. The first kappa shape index (κ1) is 25.7. The number of aromatic hydroxyl groups is 1. The van der Waals surface area contributed by atoms with E-state index in [1.165, 1.54) is 37.4 Å². The van der Waals surface area contributed by atoms with Crippen LogP contribution in [0.15, 0.2) is 53.3 Å². The van der Waals surface area contributed by atoms with Crippen molar-refractivity contribution in [3.8, 4) is 22.8 Å². The number of ether oxygens (including phenoxy) is 1. The van der Waals surface area contributed by atoms with E-state index in [2.05, 4.69) is 5.32 Å². The van der Waals surface area contributed by atoms with Crippen molar-refractivity contribution in [3.63, 3.8) is 0 Å². The molecule has 3 rings (SSSR count). The van der Waals surface area contributed by atoms with Crippen LogP contribution in [0.1, 0.15) is 27.9 Å². The number of pyridine rings is 1. The van der Waals surface area contributed by atoms with E-state index < -0.39 is 47.0 Å². The molecule has 0 aliphatic heterocycles. The molecular formula is C24H21F5N2O4. The van der Waals surface area contributed by atoms with Crippen LogP contribution in [-0.4, -0.2) is 28.7 Å². The summed E-state index contributed by atoms with van der Waals surface area (Å²) in [5.41, 5.74) is -2.01. The van der Waals surface area contributed by atoms with Gasteiger partial charge in [-0.3, -0.25) is 9.59 Å². The largest absolute Gasteiger partial charge is 0.502 e. The number of carbonyl (C=O) groups excluding carboxylic acids is 1. The van der Waals surface area contributed by atoms with Gasteiger partial charge in [0.15, 0.2) is 5.75 Å². The van der Waals surface area contributed by atoms with E-state index in [4.69, 9.17) is 4.74 Å². The summed E-state index contributed by atoms with van der Waals surface area (Å²) in [4.78, 5) is 25.0. The van der Waals surface area contributed by atoms with Gasteiger partial charge in [-0.15, -0.1) is 0 Å². The van der Waals surface area contributed by atoms with Crippen molar-refractivity contribution < 1.29 is 36.6 Å². The Morgan fingerprint density at radius 1 is 1.14 bits per heavy atom. The molecule has 0 spiro atoms. The van der Waals surface area contributed by atoms with Gasteiger partial charge >= 0.3 is 6.18 Å². The molecule has 186 valence electrons. The van der Waals surface area contributed by atoms with Gasteiger partial charge in [0.2, 0.25) is 0 Å². The van der Waals surface area contributed by atoms with Crippen LogP contribution in [0.25, 0.3) is 11.3 Å². The Kier molecular flexibility index (Phi) is 7.78. The first-order valence-corrected chi connectivity index (χ1v) is 10.4. The van der Waals surface area contributed by atoms with Crippen LogP contribution in [-0.2, 0) is 19.9 Å². The van der Waals surface area contributed by atoms with Crippen molar-refractivity contribution in [1.29, 1.82) is 0 Å². The summed E-state index contributed by atoms with van der Waals surface area (Å²) in [6.45, 7) is -1.13. The number of benzene rings is 2. The van der Waals surface area contributed by atoms with Gasteiger partial charge in [0.1, 0.15) is 18.2 Å². The fourth-order valence-electron chi connectivity index (χ4n) is 3.39. The number of hydrogen-bond acceptors (Lipinski definition) is 4. The van der Waals surface area contributed by atoms with Crippen LogP contribution in [0, 0.1) is 5.82 Å². The number of nitrogens with one attached hydrogen (secondary N) is 1. The summed E-state index contributed by atoms with van der Waals surface area (Å²) in [5, 5.41) is 12.6. The van der Waals surface area contributed by atoms with Gasteiger partial charge in [0.25, 0.3) is 11.5 Å². The SMILES string of the molecule is Cn1c(-c2cc(F)cc(CF)c2)cc(C(=O)NCCCOc2ccccc2C(F)(F)F)c(O)c1=O. The molecule has 3 aromatic rings. The van der Waals surface area contributed by atoms with E-state index in [1.54, 1.807) is 0 Å². The summed E-state index contributed by atoms with van der Waals surface area (Å²) < 4.78 is 72.1. The number of carbonyl (C=O) groups is 1. The standard InChI is InChI=1S/C24H21F5N2O4/c1-31-19(15-9-14(13-25)10-16(26)11-15)12-17(21(32)23(31)34)22(33)30-7-4-8-35-20-6-3-2-5-18(20)24(27,28)29/h2-3,5-6,9-12,32H,4,7-8,13H2,1H3,(H,30,33). The lowest BCUT2D eigenvalue weighted by Gasteiger charge is -2.15. The number of amides is 1. The molecule has 0 radical (unpaired) electrons. The minimum atomic E-state index is -4.58. The van der Waals surface area contributed by atoms with E-state index in [0.29, 0.717) is 0 Å². The van der Waals surface area contributed by atoms with Gasteiger partial charge in [0, 0.05) is 19.2 Å². The number of aromatic nitrogens is 1. The second-order valence-corrected chi connectivity index (χ2v) is 7.59. The van der Waals surface area contributed by atoms with Gasteiger partial charge in [-0.25, -0.2) is 8.78 Å². The first-order valence-electron chi connectivity index (χ1n) is 10.4. The molecule has 0 aliphatic rings. The Morgan fingerprint density at radius 3 is 2.54 bits per heavy atom. The molecule has 1 aromatic heterocycles. The molecule has 0 fully saturated rings. The molecule has 0 aliphatic carbocycles. The lowest BCUT2D eigenvalue weighted by Crippen LogP contribution is -2.29. The van der Waals surface area contributed by atoms with Crippen molar-refractivity contribution in [2.75, 3.05) is 13.2 Å². The molecule has 1 amide bonds. The third-order valence-electron chi connectivity index (χ3n) is 5.11. The van der Waals surface area contributed by atoms with Gasteiger partial charge in [-0.05, 0) is 48.4 Å². The van der Waals surface area contributed by atoms with Crippen LogP contribution in [0.5, 0.6) is 11.5 Å². The van der Waals surface area contributed by atoms with E-state index in [1.807, 2.05) is 0 Å². The second kappa shape index (κ2) is 10.6. The Labute approximate surface area is 196 Å². The molecule has 35 heavy (non-hydrogen) atoms. The van der Waals surface area contributed by atoms with E-state index in [-0.39, 0.29) is 42.1 Å². The molecule has 2 N–H and O–H groups in total. The topological polar surface area (TPSA) is 80.6 Å². The lowest BCUT2D eigenvalue weighted by atomic mass is 10.0. The average Bonchev–Trinajstić information content (AvgIpc) is 2.81. The molecule has 1 heterocycles. The van der Waals surface area contributed by atoms with Crippen molar-refractivity contribution in [3.05, 3.63) is 81.4 Å². The molecular weight excluding hydrogens is 475 g/mol. The number of hydrogen-bond donors (Lipinski definition) is 2. The second-order valence-electron chi connectivity index (χ2n) is 7.59. The molecule has 0 atom stereocenters. The highest BCUT2D eigenvalue weighted by atomic mass is 19.4. The summed E-state index contributed by atoms with van der Waals surface area (Å²) in [7, 11) is 1.30. The molecule has 2 aromatic carbocycles. The highest BCUT2D eigenvalue weighted by Gasteiger charge is 2.33. The third kappa shape index (κ3) is 5.97. The van der Waals surface area contributed by atoms with Crippen LogP contribution in [0.3, 0.4) is 0 Å². The van der Waals surface area contributed by atoms with Crippen molar-refractivity contribution >= 4 is 5.91 Å². The zero-order valence-electron chi connectivity index (χ0n) is 18.5. The van der Waals surface area contributed by atoms with Crippen molar-refractivity contribution in [2.45, 2.75) is 19.3 Å². The van der Waals surface area contributed by atoms with Crippen LogP contribution in [0.4, 0.5) is 22.0 Å². The Balaban J connectivity index is 1.71. The van der Waals surface area contributed by atoms with Crippen LogP contribution in [0.2, 0.25) is 0 Å². The van der Waals surface area contributed by atoms with Crippen LogP contribution < -0.4 is 15.6 Å². The van der Waals surface area contributed by atoms with E-state index in [9.17, 15) is 36.6 Å². The predicted molar refractivity (Wildman–Crippen MR) is 117 cm³/mol. The summed E-state index contributed by atoms with van der Waals surface area (Å²) in [6, 6.07) is 9.24. The normalized spacial score (nSPS) is 11.4. The highest BCUT2D eigenvalue weighted by Crippen LogP contribution is 2.35. The maximum Gasteiger partial charge on any atom is 0.419 e. The number of para-hydroxylation sites is 1. The zero-order valence-corrected chi connectivity index (χ0v) is 18.5. The number of alkyl halides is 4. The maximum absolute atomic E-state index is 13.9. The van der Waals surface area contributed by atoms with Crippen LogP contribution >= 0.6 is 0 Å². The summed E-state index contributed by atoms with van der Waals surface area (Å²) in [6.07, 6.45) is -4.45. The smallest absolute Gasteiger partial charge is 0.419 e. The quantitative estimate of drug-likeness (QED) is 0.353. The molecule has 0 saturated carbocycles. The highest BCUT2D eigenvalue weighted by molar-refractivity contribution is 5.97. The van der Waals surface area contributed by atoms with E-state index in [0.717, 1.165) is 22.8 Å². The third-order valence-corrected chi connectivity index (χ3v) is 5.11. The minimum Gasteiger partial charge on any atom is -0.502 e. The first-order chi connectivity index (χ1) is 16.5. The number of halogens is 5. The molecule has 6 nitrogen and oxygen atoms in total. The zero-order chi connectivity index (χ0) is 25.8. The summed E-state index contributed by atoms with van der Waals surface area (Å²) in [5.74, 6) is -2.76. The van der Waals surface area contributed by atoms with Gasteiger partial charge < -0.3 is 19.7 Å². The van der Waals surface area contributed by atoms with Crippen molar-refractivity contribution in [1.82, 2.24) is 9.88 Å². The Morgan fingerprint density at radius 2 is 1.86 bits per heavy atom. The summed E-state index contributed by atoms with van der Waals surface area (Å²) >= 11 is 0. The fourth-order valence-corrected chi connectivity index (χ4v) is 3.39. The monoisotopic (exact) mass is 496 g/mol. The number of nitrogens with zero attached hydrogens (tertiary/aromatic N) is 1. The molecule has 0 saturated heterocycles. The van der Waals surface area contributed by atoms with Crippen molar-refractivity contribution in [2.24, 2.45) is 7.05 Å². The minimum absolute atomic E-state index is 0.0265. The van der Waals surface area contributed by atoms with Gasteiger partial charge in [-0.2, -0.15) is 13.2 Å². The number of rotatable bonds is 8. The Hall–Kier alpha value is -3.89. The van der Waals surface area contributed by atoms with Gasteiger partial charge in [-0.1, -0.05) is 12.1 Å². The predicted octanol–water partition coefficient (Wildman–Crippen LogP) is 4.58. The van der Waals surface area contributed by atoms with E-state index >= 15 is 0 Å².